The Labute approximate surface area is 105 Å². The molecule has 1 aromatic heterocycles. The molecule has 0 bridgehead atoms. The Morgan fingerprint density at radius 3 is 2.82 bits per heavy atom. The van der Waals surface area contributed by atoms with Crippen LogP contribution in [-0.4, -0.2) is 24.7 Å². The molecule has 3 nitrogen and oxygen atoms in total. The fourth-order valence-corrected chi connectivity index (χ4v) is 2.54. The van der Waals surface area contributed by atoms with E-state index in [4.69, 9.17) is 10.5 Å². The minimum Gasteiger partial charge on any atom is -0.383 e. The van der Waals surface area contributed by atoms with Crippen molar-refractivity contribution in [3.8, 4) is 11.3 Å². The molecule has 0 radical (unpaired) electrons. The SMILES string of the molecule is COCC(N)Cc1nc(-c2ccccc2)cs1. The van der Waals surface area contributed by atoms with Crippen LogP contribution in [0.15, 0.2) is 35.7 Å². The smallest absolute Gasteiger partial charge is 0.0948 e. The monoisotopic (exact) mass is 248 g/mol. The third-order valence-corrected chi connectivity index (χ3v) is 3.31. The van der Waals surface area contributed by atoms with Gasteiger partial charge in [-0.1, -0.05) is 30.3 Å². The van der Waals surface area contributed by atoms with Crippen LogP contribution in [-0.2, 0) is 11.2 Å². The van der Waals surface area contributed by atoms with Crippen molar-refractivity contribution in [2.45, 2.75) is 12.5 Å². The molecule has 2 N–H and O–H groups in total. The molecule has 0 saturated heterocycles. The van der Waals surface area contributed by atoms with Gasteiger partial charge in [0.15, 0.2) is 0 Å². The van der Waals surface area contributed by atoms with E-state index < -0.39 is 0 Å². The van der Waals surface area contributed by atoms with Crippen molar-refractivity contribution in [2.75, 3.05) is 13.7 Å². The number of aromatic nitrogens is 1. The molecule has 0 spiro atoms. The minimum atomic E-state index is 0.0229. The van der Waals surface area contributed by atoms with Crippen molar-refractivity contribution in [1.29, 1.82) is 0 Å². The second-order valence-electron chi connectivity index (χ2n) is 3.91. The van der Waals surface area contributed by atoms with Gasteiger partial charge in [-0.15, -0.1) is 11.3 Å². The van der Waals surface area contributed by atoms with E-state index in [0.29, 0.717) is 6.61 Å². The molecule has 2 aromatic rings. The van der Waals surface area contributed by atoms with Crippen LogP contribution < -0.4 is 5.73 Å². The van der Waals surface area contributed by atoms with E-state index in [1.165, 1.54) is 0 Å². The Morgan fingerprint density at radius 1 is 1.35 bits per heavy atom. The second kappa shape index (κ2) is 5.91. The standard InChI is InChI=1S/C13H16N2OS/c1-16-8-11(14)7-13-15-12(9-17-13)10-5-3-2-4-6-10/h2-6,9,11H,7-8,14H2,1H3. The number of rotatable bonds is 5. The first kappa shape index (κ1) is 12.2. The summed E-state index contributed by atoms with van der Waals surface area (Å²) in [6.07, 6.45) is 0.769. The number of nitrogens with two attached hydrogens (primary N) is 1. The molecular weight excluding hydrogens is 232 g/mol. The van der Waals surface area contributed by atoms with Gasteiger partial charge >= 0.3 is 0 Å². The predicted octanol–water partition coefficient (Wildman–Crippen LogP) is 2.33. The molecule has 0 aliphatic heterocycles. The summed E-state index contributed by atoms with van der Waals surface area (Å²) >= 11 is 1.65. The lowest BCUT2D eigenvalue weighted by atomic mass is 10.2. The van der Waals surface area contributed by atoms with Gasteiger partial charge in [0, 0.05) is 30.5 Å². The van der Waals surface area contributed by atoms with Gasteiger partial charge in [0.25, 0.3) is 0 Å². The summed E-state index contributed by atoms with van der Waals surface area (Å²) in [5.74, 6) is 0. The highest BCUT2D eigenvalue weighted by Crippen LogP contribution is 2.22. The van der Waals surface area contributed by atoms with E-state index in [1.807, 2.05) is 18.2 Å². The van der Waals surface area contributed by atoms with Crippen LogP contribution in [0.3, 0.4) is 0 Å². The summed E-state index contributed by atoms with van der Waals surface area (Å²) in [5, 5.41) is 3.14. The van der Waals surface area contributed by atoms with Gasteiger partial charge in [0.05, 0.1) is 17.3 Å². The zero-order chi connectivity index (χ0) is 12.1. The minimum absolute atomic E-state index is 0.0229. The van der Waals surface area contributed by atoms with Crippen molar-refractivity contribution in [1.82, 2.24) is 4.98 Å². The lowest BCUT2D eigenvalue weighted by Gasteiger charge is -2.07. The summed E-state index contributed by atoms with van der Waals surface area (Å²) in [6, 6.07) is 10.2. The lowest BCUT2D eigenvalue weighted by molar-refractivity contribution is 0.180. The van der Waals surface area contributed by atoms with Crippen molar-refractivity contribution in [3.05, 3.63) is 40.7 Å². The first-order chi connectivity index (χ1) is 8.29. The zero-order valence-corrected chi connectivity index (χ0v) is 10.6. The summed E-state index contributed by atoms with van der Waals surface area (Å²) in [7, 11) is 1.66. The van der Waals surface area contributed by atoms with Gasteiger partial charge < -0.3 is 10.5 Å². The average molecular weight is 248 g/mol. The second-order valence-corrected chi connectivity index (χ2v) is 4.85. The molecule has 1 heterocycles. The largest absolute Gasteiger partial charge is 0.383 e. The quantitative estimate of drug-likeness (QED) is 0.883. The third-order valence-electron chi connectivity index (χ3n) is 2.44. The Kier molecular flexibility index (Phi) is 4.25. The fourth-order valence-electron chi connectivity index (χ4n) is 1.64. The molecule has 90 valence electrons. The predicted molar refractivity (Wildman–Crippen MR) is 71.1 cm³/mol. The van der Waals surface area contributed by atoms with E-state index in [1.54, 1.807) is 18.4 Å². The van der Waals surface area contributed by atoms with Crippen LogP contribution in [0.2, 0.25) is 0 Å². The molecule has 1 atom stereocenters. The van der Waals surface area contributed by atoms with Gasteiger partial charge in [-0.2, -0.15) is 0 Å². The number of ether oxygens (including phenoxy) is 1. The summed E-state index contributed by atoms with van der Waals surface area (Å²) in [6.45, 7) is 0.570. The number of thiazole rings is 1. The number of hydrogen-bond acceptors (Lipinski definition) is 4. The summed E-state index contributed by atoms with van der Waals surface area (Å²) in [5.41, 5.74) is 8.08. The highest BCUT2D eigenvalue weighted by Gasteiger charge is 2.08. The third kappa shape index (κ3) is 3.36. The number of methoxy groups -OCH3 is 1. The first-order valence-corrected chi connectivity index (χ1v) is 6.42. The Balaban J connectivity index is 2.06. The van der Waals surface area contributed by atoms with E-state index in [0.717, 1.165) is 22.7 Å². The Hall–Kier alpha value is -1.23. The topological polar surface area (TPSA) is 48.1 Å². The first-order valence-electron chi connectivity index (χ1n) is 5.54. The zero-order valence-electron chi connectivity index (χ0n) is 9.80. The van der Waals surface area contributed by atoms with Crippen LogP contribution in [0.25, 0.3) is 11.3 Å². The van der Waals surface area contributed by atoms with Gasteiger partial charge in [-0.05, 0) is 0 Å². The molecule has 0 saturated carbocycles. The fraction of sp³-hybridized carbons (Fsp3) is 0.308. The maximum atomic E-state index is 5.91. The van der Waals surface area contributed by atoms with E-state index in [2.05, 4.69) is 22.5 Å². The van der Waals surface area contributed by atoms with Gasteiger partial charge in [-0.25, -0.2) is 4.98 Å². The van der Waals surface area contributed by atoms with E-state index in [-0.39, 0.29) is 6.04 Å². The maximum absolute atomic E-state index is 5.91. The van der Waals surface area contributed by atoms with Crippen molar-refractivity contribution >= 4 is 11.3 Å². The Bertz CT molecular complexity index is 455. The maximum Gasteiger partial charge on any atom is 0.0948 e. The average Bonchev–Trinajstić information content (AvgIpc) is 2.79. The van der Waals surface area contributed by atoms with Crippen LogP contribution in [0.1, 0.15) is 5.01 Å². The molecule has 2 rings (SSSR count). The molecule has 1 aromatic carbocycles. The van der Waals surface area contributed by atoms with Crippen molar-refractivity contribution < 1.29 is 4.74 Å². The molecule has 0 fully saturated rings. The van der Waals surface area contributed by atoms with Crippen LogP contribution >= 0.6 is 11.3 Å². The van der Waals surface area contributed by atoms with Gasteiger partial charge in [-0.3, -0.25) is 0 Å². The molecule has 4 heteroatoms. The van der Waals surface area contributed by atoms with E-state index in [9.17, 15) is 0 Å². The van der Waals surface area contributed by atoms with Crippen LogP contribution in [0.5, 0.6) is 0 Å². The number of nitrogens with zero attached hydrogens (tertiary/aromatic N) is 1. The molecule has 0 amide bonds. The van der Waals surface area contributed by atoms with Crippen molar-refractivity contribution in [3.63, 3.8) is 0 Å². The summed E-state index contributed by atoms with van der Waals surface area (Å²) < 4.78 is 5.02. The molecule has 1 unspecified atom stereocenters. The highest BCUT2D eigenvalue weighted by molar-refractivity contribution is 7.09. The van der Waals surface area contributed by atoms with Gasteiger partial charge in [0.2, 0.25) is 0 Å². The van der Waals surface area contributed by atoms with Gasteiger partial charge in [0.1, 0.15) is 0 Å². The van der Waals surface area contributed by atoms with E-state index >= 15 is 0 Å². The van der Waals surface area contributed by atoms with Crippen molar-refractivity contribution in [2.24, 2.45) is 5.73 Å². The molecule has 0 aliphatic carbocycles. The summed E-state index contributed by atoms with van der Waals surface area (Å²) in [4.78, 5) is 4.59. The number of benzene rings is 1. The normalized spacial score (nSPS) is 12.6. The highest BCUT2D eigenvalue weighted by atomic mass is 32.1. The number of hydrogen-bond donors (Lipinski definition) is 1. The molecule has 17 heavy (non-hydrogen) atoms. The lowest BCUT2D eigenvalue weighted by Crippen LogP contribution is -2.27. The van der Waals surface area contributed by atoms with Crippen LogP contribution in [0.4, 0.5) is 0 Å². The Morgan fingerprint density at radius 2 is 2.12 bits per heavy atom. The van der Waals surface area contributed by atoms with Crippen LogP contribution in [0, 0.1) is 0 Å². The molecule has 0 aliphatic rings. The molecular formula is C13H16N2OS.